The van der Waals surface area contributed by atoms with Crippen LogP contribution in [0.3, 0.4) is 0 Å². The van der Waals surface area contributed by atoms with Crippen molar-refractivity contribution in [3.05, 3.63) is 45.4 Å². The molecule has 0 saturated carbocycles. The van der Waals surface area contributed by atoms with Gasteiger partial charge in [0.1, 0.15) is 5.82 Å². The van der Waals surface area contributed by atoms with Crippen LogP contribution in [0.2, 0.25) is 0 Å². The van der Waals surface area contributed by atoms with Gasteiger partial charge < -0.3 is 10.3 Å². The van der Waals surface area contributed by atoms with Gasteiger partial charge in [-0.05, 0) is 40.5 Å². The van der Waals surface area contributed by atoms with E-state index < -0.39 is 0 Å². The summed E-state index contributed by atoms with van der Waals surface area (Å²) in [6, 6.07) is 5.34. The van der Waals surface area contributed by atoms with Crippen molar-refractivity contribution in [3.63, 3.8) is 0 Å². The molecule has 2 rings (SSSR count). The van der Waals surface area contributed by atoms with Gasteiger partial charge in [-0.1, -0.05) is 0 Å². The average molecular weight is 297 g/mol. The summed E-state index contributed by atoms with van der Waals surface area (Å²) in [7, 11) is 0. The molecule has 0 fully saturated rings. The van der Waals surface area contributed by atoms with Crippen LogP contribution in [0.5, 0.6) is 0 Å². The second kappa shape index (κ2) is 5.18. The number of nitrogens with two attached hydrogens (primary N) is 1. The highest BCUT2D eigenvalue weighted by molar-refractivity contribution is 9.10. The van der Waals surface area contributed by atoms with Crippen molar-refractivity contribution >= 4 is 21.7 Å². The summed E-state index contributed by atoms with van der Waals surface area (Å²) in [4.78, 5) is 11.7. The number of hydrogen-bond donors (Lipinski definition) is 1. The number of rotatable bonds is 4. The SMILES string of the molecule is Nc1ccn(CCCn2cccc(Br)c2=O)n1. The van der Waals surface area contributed by atoms with Crippen molar-refractivity contribution < 1.29 is 0 Å². The first-order chi connectivity index (χ1) is 8.16. The van der Waals surface area contributed by atoms with E-state index in [4.69, 9.17) is 5.73 Å². The van der Waals surface area contributed by atoms with Crippen LogP contribution in [-0.4, -0.2) is 14.3 Å². The minimum absolute atomic E-state index is 0.00696. The van der Waals surface area contributed by atoms with E-state index >= 15 is 0 Å². The molecule has 2 heterocycles. The lowest BCUT2D eigenvalue weighted by atomic mass is 10.4. The summed E-state index contributed by atoms with van der Waals surface area (Å²) < 4.78 is 4.04. The normalized spacial score (nSPS) is 10.6. The van der Waals surface area contributed by atoms with Crippen LogP contribution in [0.15, 0.2) is 39.9 Å². The molecule has 0 spiro atoms. The van der Waals surface area contributed by atoms with Gasteiger partial charge in [0.15, 0.2) is 0 Å². The molecule has 0 saturated heterocycles. The lowest BCUT2D eigenvalue weighted by Gasteiger charge is -2.05. The third kappa shape index (κ3) is 2.97. The zero-order chi connectivity index (χ0) is 12.3. The van der Waals surface area contributed by atoms with E-state index in [2.05, 4.69) is 21.0 Å². The minimum atomic E-state index is -0.00696. The molecule has 0 aromatic carbocycles. The fourth-order valence-corrected chi connectivity index (χ4v) is 1.97. The molecule has 5 nitrogen and oxygen atoms in total. The Morgan fingerprint density at radius 3 is 2.82 bits per heavy atom. The van der Waals surface area contributed by atoms with Gasteiger partial charge >= 0.3 is 0 Å². The molecule has 6 heteroatoms. The van der Waals surface area contributed by atoms with Crippen molar-refractivity contribution in [1.82, 2.24) is 14.3 Å². The Balaban J connectivity index is 1.94. The number of nitrogen functional groups attached to an aromatic ring is 1. The summed E-state index contributed by atoms with van der Waals surface area (Å²) in [5.41, 5.74) is 5.51. The van der Waals surface area contributed by atoms with Crippen LogP contribution in [0, 0.1) is 0 Å². The maximum Gasteiger partial charge on any atom is 0.264 e. The van der Waals surface area contributed by atoms with Crippen molar-refractivity contribution in [2.24, 2.45) is 0 Å². The molecule has 0 radical (unpaired) electrons. The van der Waals surface area contributed by atoms with Gasteiger partial charge in [-0.25, -0.2) is 0 Å². The molecule has 0 amide bonds. The minimum Gasteiger partial charge on any atom is -0.382 e. The highest BCUT2D eigenvalue weighted by atomic mass is 79.9. The number of pyridine rings is 1. The van der Waals surface area contributed by atoms with E-state index in [1.807, 2.05) is 12.3 Å². The Labute approximate surface area is 107 Å². The predicted molar refractivity (Wildman–Crippen MR) is 69.7 cm³/mol. The van der Waals surface area contributed by atoms with Gasteiger partial charge in [0.25, 0.3) is 5.56 Å². The van der Waals surface area contributed by atoms with E-state index in [9.17, 15) is 4.79 Å². The van der Waals surface area contributed by atoms with Gasteiger partial charge in [-0.3, -0.25) is 9.48 Å². The van der Waals surface area contributed by atoms with Gasteiger partial charge in [0.2, 0.25) is 0 Å². The summed E-state index contributed by atoms with van der Waals surface area (Å²) in [5, 5.41) is 4.08. The molecular formula is C11H13BrN4O. The molecule has 0 aliphatic rings. The second-order valence-corrected chi connectivity index (χ2v) is 4.57. The Bertz CT molecular complexity index is 561. The number of halogens is 1. The van der Waals surface area contributed by atoms with Crippen LogP contribution in [0.25, 0.3) is 0 Å². The van der Waals surface area contributed by atoms with E-state index in [0.717, 1.165) is 13.0 Å². The Morgan fingerprint density at radius 1 is 1.29 bits per heavy atom. The Kier molecular flexibility index (Phi) is 3.63. The van der Waals surface area contributed by atoms with E-state index in [1.54, 1.807) is 27.6 Å². The molecule has 2 aromatic heterocycles. The molecule has 2 N–H and O–H groups in total. The van der Waals surface area contributed by atoms with Crippen LogP contribution < -0.4 is 11.3 Å². The Hall–Kier alpha value is -1.56. The zero-order valence-corrected chi connectivity index (χ0v) is 10.8. The van der Waals surface area contributed by atoms with Gasteiger partial charge in [0.05, 0.1) is 4.47 Å². The molecule has 17 heavy (non-hydrogen) atoms. The molecule has 2 aromatic rings. The first kappa shape index (κ1) is 11.9. The van der Waals surface area contributed by atoms with Crippen LogP contribution >= 0.6 is 15.9 Å². The molecule has 0 aliphatic carbocycles. The molecular weight excluding hydrogens is 284 g/mol. The van der Waals surface area contributed by atoms with Crippen molar-refractivity contribution in [2.75, 3.05) is 5.73 Å². The number of aryl methyl sites for hydroxylation is 2. The molecule has 0 aliphatic heterocycles. The van der Waals surface area contributed by atoms with Crippen molar-refractivity contribution in [2.45, 2.75) is 19.5 Å². The van der Waals surface area contributed by atoms with Gasteiger partial charge in [-0.2, -0.15) is 5.10 Å². The summed E-state index contributed by atoms with van der Waals surface area (Å²) in [6.07, 6.45) is 4.45. The first-order valence-corrected chi connectivity index (χ1v) is 6.10. The highest BCUT2D eigenvalue weighted by Crippen LogP contribution is 2.02. The Morgan fingerprint density at radius 2 is 2.12 bits per heavy atom. The molecule has 0 atom stereocenters. The number of anilines is 1. The topological polar surface area (TPSA) is 65.8 Å². The summed E-state index contributed by atoms with van der Waals surface area (Å²) in [6.45, 7) is 1.41. The maximum absolute atomic E-state index is 11.7. The van der Waals surface area contributed by atoms with E-state index in [1.165, 1.54) is 0 Å². The standard InChI is InChI=1S/C11H13BrN4O/c12-9-3-1-5-15(11(9)17)6-2-7-16-8-4-10(13)14-16/h1,3-5,8H,2,6-7H2,(H2,13,14). The van der Waals surface area contributed by atoms with Gasteiger partial charge in [-0.15, -0.1) is 0 Å². The quantitative estimate of drug-likeness (QED) is 0.929. The number of nitrogens with zero attached hydrogens (tertiary/aromatic N) is 3. The first-order valence-electron chi connectivity index (χ1n) is 5.31. The zero-order valence-electron chi connectivity index (χ0n) is 9.21. The third-order valence-corrected chi connectivity index (χ3v) is 3.02. The van der Waals surface area contributed by atoms with E-state index in [0.29, 0.717) is 16.8 Å². The van der Waals surface area contributed by atoms with Gasteiger partial charge in [0, 0.05) is 25.5 Å². The van der Waals surface area contributed by atoms with E-state index in [-0.39, 0.29) is 5.56 Å². The maximum atomic E-state index is 11.7. The molecule has 0 bridgehead atoms. The average Bonchev–Trinajstić information content (AvgIpc) is 2.70. The van der Waals surface area contributed by atoms with Crippen LogP contribution in [-0.2, 0) is 13.1 Å². The fourth-order valence-electron chi connectivity index (χ4n) is 1.59. The van der Waals surface area contributed by atoms with Crippen molar-refractivity contribution in [1.29, 1.82) is 0 Å². The summed E-state index contributed by atoms with van der Waals surface area (Å²) >= 11 is 3.22. The highest BCUT2D eigenvalue weighted by Gasteiger charge is 2.00. The third-order valence-electron chi connectivity index (χ3n) is 2.42. The van der Waals surface area contributed by atoms with Crippen LogP contribution in [0.4, 0.5) is 5.82 Å². The second-order valence-electron chi connectivity index (χ2n) is 3.71. The largest absolute Gasteiger partial charge is 0.382 e. The monoisotopic (exact) mass is 296 g/mol. The molecule has 90 valence electrons. The smallest absolute Gasteiger partial charge is 0.264 e. The lowest BCUT2D eigenvalue weighted by Crippen LogP contribution is -2.20. The van der Waals surface area contributed by atoms with Crippen LogP contribution in [0.1, 0.15) is 6.42 Å². The number of aromatic nitrogens is 3. The van der Waals surface area contributed by atoms with Crippen molar-refractivity contribution in [3.8, 4) is 0 Å². The number of hydrogen-bond acceptors (Lipinski definition) is 3. The predicted octanol–water partition coefficient (Wildman–Crippen LogP) is 1.48. The molecule has 0 unspecified atom stereocenters. The lowest BCUT2D eigenvalue weighted by molar-refractivity contribution is 0.520. The summed E-state index contributed by atoms with van der Waals surface area (Å²) in [5.74, 6) is 0.518. The fraction of sp³-hybridized carbons (Fsp3) is 0.273.